The van der Waals surface area contributed by atoms with Gasteiger partial charge in [0.15, 0.2) is 0 Å². The highest BCUT2D eigenvalue weighted by atomic mass is 32.1. The SMILES string of the molecule is O=C1NCC2CCC1N2C(=O)c1ccc(-c2ccc(OC(F)F)cc2)s1. The summed E-state index contributed by atoms with van der Waals surface area (Å²) in [4.78, 5) is 28.0. The van der Waals surface area contributed by atoms with Crippen molar-refractivity contribution in [1.29, 1.82) is 0 Å². The normalized spacial score (nSPS) is 21.8. The van der Waals surface area contributed by atoms with Gasteiger partial charge in [-0.25, -0.2) is 0 Å². The molecule has 0 radical (unpaired) electrons. The van der Waals surface area contributed by atoms with Crippen LogP contribution >= 0.6 is 11.3 Å². The highest BCUT2D eigenvalue weighted by Crippen LogP contribution is 2.34. The number of thiophene rings is 1. The number of halogens is 2. The maximum absolute atomic E-state index is 12.9. The summed E-state index contributed by atoms with van der Waals surface area (Å²) in [7, 11) is 0. The summed E-state index contributed by atoms with van der Waals surface area (Å²) >= 11 is 1.33. The molecule has 2 unspecified atom stereocenters. The van der Waals surface area contributed by atoms with Gasteiger partial charge in [-0.05, 0) is 54.8 Å². The first-order chi connectivity index (χ1) is 12.5. The van der Waals surface area contributed by atoms with E-state index in [1.54, 1.807) is 23.1 Å². The van der Waals surface area contributed by atoms with Crippen LogP contribution in [0, 0.1) is 0 Å². The van der Waals surface area contributed by atoms with Crippen molar-refractivity contribution in [3.05, 3.63) is 41.3 Å². The molecule has 2 saturated heterocycles. The molecule has 1 aromatic carbocycles. The molecule has 2 aliphatic heterocycles. The molecule has 2 bridgehead atoms. The molecule has 2 fully saturated rings. The Hall–Kier alpha value is -2.48. The van der Waals surface area contributed by atoms with E-state index in [0.29, 0.717) is 17.8 Å². The highest BCUT2D eigenvalue weighted by molar-refractivity contribution is 7.17. The number of amides is 2. The number of carbonyl (C=O) groups is 2. The summed E-state index contributed by atoms with van der Waals surface area (Å²) in [6, 6.07) is 9.55. The molecule has 8 heteroatoms. The number of fused-ring (bicyclic) bond motifs is 2. The molecule has 26 heavy (non-hydrogen) atoms. The zero-order valence-electron chi connectivity index (χ0n) is 13.7. The predicted molar refractivity (Wildman–Crippen MR) is 92.4 cm³/mol. The fourth-order valence-corrected chi connectivity index (χ4v) is 4.48. The summed E-state index contributed by atoms with van der Waals surface area (Å²) < 4.78 is 28.8. The van der Waals surface area contributed by atoms with Gasteiger partial charge in [-0.1, -0.05) is 0 Å². The molecule has 2 amide bonds. The van der Waals surface area contributed by atoms with E-state index in [2.05, 4.69) is 10.1 Å². The minimum Gasteiger partial charge on any atom is -0.435 e. The molecule has 2 atom stereocenters. The topological polar surface area (TPSA) is 58.6 Å². The van der Waals surface area contributed by atoms with E-state index in [1.165, 1.54) is 23.5 Å². The van der Waals surface area contributed by atoms with E-state index in [1.807, 2.05) is 6.07 Å². The maximum atomic E-state index is 12.9. The maximum Gasteiger partial charge on any atom is 0.387 e. The summed E-state index contributed by atoms with van der Waals surface area (Å²) in [5.74, 6) is -0.118. The lowest BCUT2D eigenvalue weighted by atomic mass is 10.2. The van der Waals surface area contributed by atoms with Gasteiger partial charge in [0, 0.05) is 11.4 Å². The number of piperazine rings is 1. The van der Waals surface area contributed by atoms with Crippen molar-refractivity contribution in [3.8, 4) is 16.2 Å². The summed E-state index contributed by atoms with van der Waals surface area (Å²) in [5.41, 5.74) is 0.815. The number of nitrogens with zero attached hydrogens (tertiary/aromatic N) is 1. The second-order valence-electron chi connectivity index (χ2n) is 6.27. The van der Waals surface area contributed by atoms with Crippen LogP contribution in [0.4, 0.5) is 8.78 Å². The highest BCUT2D eigenvalue weighted by Gasteiger charge is 2.44. The molecule has 4 rings (SSSR count). The monoisotopic (exact) mass is 378 g/mol. The van der Waals surface area contributed by atoms with E-state index < -0.39 is 6.61 Å². The Morgan fingerprint density at radius 2 is 1.96 bits per heavy atom. The second-order valence-corrected chi connectivity index (χ2v) is 7.36. The van der Waals surface area contributed by atoms with E-state index in [0.717, 1.165) is 16.9 Å². The van der Waals surface area contributed by atoms with Crippen LogP contribution in [0.2, 0.25) is 0 Å². The molecule has 0 saturated carbocycles. The predicted octanol–water partition coefficient (Wildman–Crippen LogP) is 3.12. The van der Waals surface area contributed by atoms with Crippen molar-refractivity contribution in [2.24, 2.45) is 0 Å². The number of alkyl halides is 2. The third-order valence-corrected chi connectivity index (χ3v) is 5.85. The quantitative estimate of drug-likeness (QED) is 0.889. The lowest BCUT2D eigenvalue weighted by Crippen LogP contribution is -2.57. The van der Waals surface area contributed by atoms with Gasteiger partial charge in [-0.3, -0.25) is 9.59 Å². The van der Waals surface area contributed by atoms with Crippen molar-refractivity contribution in [2.75, 3.05) is 6.54 Å². The Morgan fingerprint density at radius 1 is 1.19 bits per heavy atom. The number of carbonyl (C=O) groups excluding carboxylic acids is 2. The van der Waals surface area contributed by atoms with Crippen LogP contribution in [0.1, 0.15) is 22.5 Å². The Bertz CT molecular complexity index is 837. The number of nitrogens with one attached hydrogen (secondary N) is 1. The Morgan fingerprint density at radius 3 is 2.69 bits per heavy atom. The summed E-state index contributed by atoms with van der Waals surface area (Å²) in [5, 5.41) is 2.84. The summed E-state index contributed by atoms with van der Waals surface area (Å²) in [6.07, 6.45) is 1.53. The molecule has 0 aliphatic carbocycles. The Labute approximate surface area is 152 Å². The van der Waals surface area contributed by atoms with Crippen LogP contribution in [-0.2, 0) is 4.79 Å². The van der Waals surface area contributed by atoms with Crippen molar-refractivity contribution in [3.63, 3.8) is 0 Å². The average molecular weight is 378 g/mol. The average Bonchev–Trinajstić information content (AvgIpc) is 3.23. The molecule has 1 N–H and O–H groups in total. The lowest BCUT2D eigenvalue weighted by molar-refractivity contribution is -0.127. The van der Waals surface area contributed by atoms with E-state index in [4.69, 9.17) is 0 Å². The first-order valence-electron chi connectivity index (χ1n) is 8.28. The van der Waals surface area contributed by atoms with Crippen LogP contribution in [0.3, 0.4) is 0 Å². The van der Waals surface area contributed by atoms with Crippen LogP contribution in [0.5, 0.6) is 5.75 Å². The van der Waals surface area contributed by atoms with Crippen LogP contribution in [-0.4, -0.2) is 42.0 Å². The third kappa shape index (κ3) is 3.05. The number of hydrogen-bond acceptors (Lipinski definition) is 4. The van der Waals surface area contributed by atoms with Crippen molar-refractivity contribution >= 4 is 23.2 Å². The van der Waals surface area contributed by atoms with Crippen molar-refractivity contribution < 1.29 is 23.1 Å². The Balaban J connectivity index is 1.53. The van der Waals surface area contributed by atoms with Crippen LogP contribution in [0.15, 0.2) is 36.4 Å². The number of rotatable bonds is 4. The van der Waals surface area contributed by atoms with E-state index in [-0.39, 0.29) is 29.6 Å². The van der Waals surface area contributed by atoms with E-state index >= 15 is 0 Å². The van der Waals surface area contributed by atoms with Gasteiger partial charge < -0.3 is 15.0 Å². The van der Waals surface area contributed by atoms with E-state index in [9.17, 15) is 18.4 Å². The molecule has 2 aromatic rings. The molecule has 1 aromatic heterocycles. The minimum atomic E-state index is -2.86. The van der Waals surface area contributed by atoms with Crippen LogP contribution in [0.25, 0.3) is 10.4 Å². The van der Waals surface area contributed by atoms with Gasteiger partial charge >= 0.3 is 6.61 Å². The molecular weight excluding hydrogens is 362 g/mol. The zero-order chi connectivity index (χ0) is 18.3. The fraction of sp³-hybridized carbons (Fsp3) is 0.333. The van der Waals surface area contributed by atoms with Gasteiger partial charge in [0.1, 0.15) is 11.8 Å². The van der Waals surface area contributed by atoms with Gasteiger partial charge in [-0.2, -0.15) is 8.78 Å². The lowest BCUT2D eigenvalue weighted by Gasteiger charge is -2.34. The molecule has 3 heterocycles. The van der Waals surface area contributed by atoms with Gasteiger partial charge in [0.05, 0.1) is 10.9 Å². The van der Waals surface area contributed by atoms with Gasteiger partial charge in [0.2, 0.25) is 5.91 Å². The number of ether oxygens (including phenoxy) is 1. The summed E-state index contributed by atoms with van der Waals surface area (Å²) in [6.45, 7) is -2.35. The molecule has 136 valence electrons. The first-order valence-corrected chi connectivity index (χ1v) is 9.10. The number of benzene rings is 1. The van der Waals surface area contributed by atoms with Crippen molar-refractivity contribution in [1.82, 2.24) is 10.2 Å². The fourth-order valence-electron chi connectivity index (χ4n) is 3.52. The molecule has 5 nitrogen and oxygen atoms in total. The van der Waals surface area contributed by atoms with Gasteiger partial charge in [-0.15, -0.1) is 11.3 Å². The molecule has 0 spiro atoms. The number of hydrogen-bond donors (Lipinski definition) is 1. The standard InChI is InChI=1S/C18H16F2N2O3S/c19-18(20)25-12-4-1-10(2-5-12)14-7-8-15(26-14)17(24)22-11-3-6-13(22)16(23)21-9-11/h1-2,4-5,7-8,11,13,18H,3,6,9H2,(H,21,23). The first kappa shape index (κ1) is 17.0. The minimum absolute atomic E-state index is 0.0570. The second kappa shape index (κ2) is 6.68. The van der Waals surface area contributed by atoms with Crippen molar-refractivity contribution in [2.45, 2.75) is 31.5 Å². The van der Waals surface area contributed by atoms with Crippen LogP contribution < -0.4 is 10.1 Å². The largest absolute Gasteiger partial charge is 0.435 e. The third-order valence-electron chi connectivity index (χ3n) is 4.73. The smallest absolute Gasteiger partial charge is 0.387 e. The zero-order valence-corrected chi connectivity index (χ0v) is 14.5. The Kier molecular flexibility index (Phi) is 4.36. The van der Waals surface area contributed by atoms with Gasteiger partial charge in [0.25, 0.3) is 5.91 Å². The molecular formula is C18H16F2N2O3S. The molecule has 2 aliphatic rings.